The fraction of sp³-hybridized carbons (Fsp3) is 0.647. The zero-order valence-corrected chi connectivity index (χ0v) is 15.1. The Morgan fingerprint density at radius 3 is 2.35 bits per heavy atom. The van der Waals surface area contributed by atoms with Gasteiger partial charge in [-0.1, -0.05) is 64.3 Å². The molecule has 1 nitrogen and oxygen atoms in total. The molecule has 0 amide bonds. The van der Waals surface area contributed by atoms with E-state index >= 15 is 0 Å². The minimum Gasteiger partial charge on any atom is -0.412 e. The van der Waals surface area contributed by atoms with Crippen LogP contribution in [0.4, 0.5) is 0 Å². The van der Waals surface area contributed by atoms with E-state index in [1.807, 2.05) is 6.07 Å². The van der Waals surface area contributed by atoms with Gasteiger partial charge < -0.3 is 4.43 Å². The SMILES string of the molecule is Cc1ccc(CO[Si]2(C(C)C)C(C)CCC2C)c(Cl)c1. The van der Waals surface area contributed by atoms with Crippen molar-refractivity contribution in [2.24, 2.45) is 0 Å². The number of halogens is 1. The van der Waals surface area contributed by atoms with Crippen LogP contribution in [0, 0.1) is 6.92 Å². The molecule has 0 saturated carbocycles. The maximum absolute atomic E-state index is 6.64. The van der Waals surface area contributed by atoms with Gasteiger partial charge in [0.25, 0.3) is 0 Å². The Hall–Kier alpha value is -0.313. The Bertz CT molecular complexity index is 462. The number of aryl methyl sites for hydroxylation is 1. The average molecular weight is 311 g/mol. The van der Waals surface area contributed by atoms with Crippen LogP contribution in [-0.4, -0.2) is 8.32 Å². The smallest absolute Gasteiger partial charge is 0.201 e. The molecule has 1 heterocycles. The third-order valence-corrected chi connectivity index (χ3v) is 11.6. The van der Waals surface area contributed by atoms with Crippen LogP contribution in [0.25, 0.3) is 0 Å². The molecule has 20 heavy (non-hydrogen) atoms. The lowest BCUT2D eigenvalue weighted by molar-refractivity contribution is 0.271. The Morgan fingerprint density at radius 1 is 1.25 bits per heavy atom. The second kappa shape index (κ2) is 6.21. The van der Waals surface area contributed by atoms with E-state index in [9.17, 15) is 0 Å². The molecule has 1 aliphatic heterocycles. The lowest BCUT2D eigenvalue weighted by atomic mass is 10.2. The molecule has 1 saturated heterocycles. The summed E-state index contributed by atoms with van der Waals surface area (Å²) in [4.78, 5) is 0. The van der Waals surface area contributed by atoms with Crippen molar-refractivity contribution in [3.05, 3.63) is 34.3 Å². The summed E-state index contributed by atoms with van der Waals surface area (Å²) in [5.74, 6) is 0. The lowest BCUT2D eigenvalue weighted by Crippen LogP contribution is -2.45. The highest BCUT2D eigenvalue weighted by Crippen LogP contribution is 2.53. The van der Waals surface area contributed by atoms with Crippen molar-refractivity contribution >= 4 is 19.9 Å². The highest BCUT2D eigenvalue weighted by atomic mass is 35.5. The summed E-state index contributed by atoms with van der Waals surface area (Å²) in [6.45, 7) is 12.2. The summed E-state index contributed by atoms with van der Waals surface area (Å²) in [5.41, 5.74) is 4.51. The largest absolute Gasteiger partial charge is 0.412 e. The fourth-order valence-electron chi connectivity index (χ4n) is 4.00. The monoisotopic (exact) mass is 310 g/mol. The number of hydrogen-bond acceptors (Lipinski definition) is 1. The van der Waals surface area contributed by atoms with Crippen molar-refractivity contribution < 1.29 is 4.43 Å². The third-order valence-electron chi connectivity index (χ3n) is 5.16. The van der Waals surface area contributed by atoms with Crippen LogP contribution in [0.1, 0.15) is 51.7 Å². The van der Waals surface area contributed by atoms with Gasteiger partial charge in [0, 0.05) is 5.02 Å². The highest BCUT2D eigenvalue weighted by Gasteiger charge is 2.52. The Labute approximate surface area is 129 Å². The van der Waals surface area contributed by atoms with E-state index in [1.165, 1.54) is 18.4 Å². The van der Waals surface area contributed by atoms with Gasteiger partial charge in [0.15, 0.2) is 0 Å². The van der Waals surface area contributed by atoms with E-state index in [0.717, 1.165) is 21.7 Å². The maximum atomic E-state index is 6.64. The standard InChI is InChI=1S/C17H27ClOSi/c1-12(2)20(14(4)7-8-15(20)5)19-11-16-9-6-13(3)10-17(16)18/h6,9-10,12,14-15H,7-8,11H2,1-5H3. The molecule has 2 unspecified atom stereocenters. The highest BCUT2D eigenvalue weighted by molar-refractivity contribution is 6.78. The summed E-state index contributed by atoms with van der Waals surface area (Å²) in [5, 5.41) is 0.844. The van der Waals surface area contributed by atoms with Crippen LogP contribution in [0.5, 0.6) is 0 Å². The molecule has 1 aromatic carbocycles. The number of benzene rings is 1. The van der Waals surface area contributed by atoms with E-state index in [0.29, 0.717) is 12.1 Å². The number of rotatable bonds is 4. The van der Waals surface area contributed by atoms with Gasteiger partial charge in [0.2, 0.25) is 8.32 Å². The molecule has 3 heteroatoms. The van der Waals surface area contributed by atoms with Gasteiger partial charge in [0.05, 0.1) is 6.61 Å². The van der Waals surface area contributed by atoms with Crippen molar-refractivity contribution in [3.63, 3.8) is 0 Å². The molecule has 2 rings (SSSR count). The van der Waals surface area contributed by atoms with Gasteiger partial charge in [-0.25, -0.2) is 0 Å². The first-order valence-electron chi connectivity index (χ1n) is 7.77. The molecule has 1 aliphatic rings. The van der Waals surface area contributed by atoms with Gasteiger partial charge in [-0.05, 0) is 40.7 Å². The normalized spacial score (nSPS) is 30.1. The molecular weight excluding hydrogens is 284 g/mol. The zero-order chi connectivity index (χ0) is 14.9. The summed E-state index contributed by atoms with van der Waals surface area (Å²) in [7, 11) is -1.69. The predicted octanol–water partition coefficient (Wildman–Crippen LogP) is 6.09. The third kappa shape index (κ3) is 2.83. The maximum Gasteiger partial charge on any atom is 0.201 e. The van der Waals surface area contributed by atoms with Crippen molar-refractivity contribution in [2.75, 3.05) is 0 Å². The van der Waals surface area contributed by atoms with Gasteiger partial charge in [0.1, 0.15) is 0 Å². The van der Waals surface area contributed by atoms with Gasteiger partial charge in [-0.2, -0.15) is 0 Å². The van der Waals surface area contributed by atoms with Crippen molar-refractivity contribution in [1.29, 1.82) is 0 Å². The fourth-order valence-corrected chi connectivity index (χ4v) is 10.1. The zero-order valence-electron chi connectivity index (χ0n) is 13.4. The summed E-state index contributed by atoms with van der Waals surface area (Å²) in [6.07, 6.45) is 2.65. The molecule has 0 N–H and O–H groups in total. The average Bonchev–Trinajstić information content (AvgIpc) is 2.66. The van der Waals surface area contributed by atoms with Gasteiger partial charge >= 0.3 is 0 Å². The molecule has 0 bridgehead atoms. The molecule has 1 aromatic rings. The number of hydrogen-bond donors (Lipinski definition) is 0. The molecule has 0 aliphatic carbocycles. The van der Waals surface area contributed by atoms with E-state index in [1.54, 1.807) is 0 Å². The van der Waals surface area contributed by atoms with Crippen LogP contribution >= 0.6 is 11.6 Å². The minimum absolute atomic E-state index is 0.666. The molecule has 0 spiro atoms. The lowest BCUT2D eigenvalue weighted by Gasteiger charge is -2.39. The molecule has 112 valence electrons. The predicted molar refractivity (Wildman–Crippen MR) is 89.9 cm³/mol. The van der Waals surface area contributed by atoms with Crippen LogP contribution in [0.15, 0.2) is 18.2 Å². The van der Waals surface area contributed by atoms with Crippen molar-refractivity contribution in [3.8, 4) is 0 Å². The van der Waals surface area contributed by atoms with Crippen molar-refractivity contribution in [1.82, 2.24) is 0 Å². The Balaban J connectivity index is 2.18. The molecule has 0 aromatic heterocycles. The first kappa shape index (κ1) is 16.1. The van der Waals surface area contributed by atoms with Crippen LogP contribution in [0.2, 0.25) is 21.6 Å². The quantitative estimate of drug-likeness (QED) is 0.611. The molecule has 1 fully saturated rings. The topological polar surface area (TPSA) is 9.23 Å². The first-order valence-corrected chi connectivity index (χ1v) is 10.3. The van der Waals surface area contributed by atoms with Crippen molar-refractivity contribution in [2.45, 2.75) is 70.7 Å². The van der Waals surface area contributed by atoms with Gasteiger partial charge in [-0.15, -0.1) is 0 Å². The minimum atomic E-state index is -1.69. The summed E-state index contributed by atoms with van der Waals surface area (Å²) < 4.78 is 6.64. The van der Waals surface area contributed by atoms with Crippen LogP contribution in [0.3, 0.4) is 0 Å². The molecular formula is C17H27ClOSi. The Kier molecular flexibility index (Phi) is 4.99. The van der Waals surface area contributed by atoms with E-state index in [-0.39, 0.29) is 0 Å². The molecule has 0 radical (unpaired) electrons. The first-order chi connectivity index (χ1) is 9.37. The molecule has 2 atom stereocenters. The van der Waals surface area contributed by atoms with E-state index in [2.05, 4.69) is 46.8 Å². The second-order valence-corrected chi connectivity index (χ2v) is 12.3. The van der Waals surface area contributed by atoms with E-state index < -0.39 is 8.32 Å². The second-order valence-electron chi connectivity index (χ2n) is 6.77. The van der Waals surface area contributed by atoms with Gasteiger partial charge in [-0.3, -0.25) is 0 Å². The summed E-state index contributed by atoms with van der Waals surface area (Å²) in [6, 6.07) is 6.27. The van der Waals surface area contributed by atoms with Crippen LogP contribution in [-0.2, 0) is 11.0 Å². The van der Waals surface area contributed by atoms with Crippen LogP contribution < -0.4 is 0 Å². The Morgan fingerprint density at radius 2 is 1.85 bits per heavy atom. The summed E-state index contributed by atoms with van der Waals surface area (Å²) >= 11 is 6.35. The van der Waals surface area contributed by atoms with E-state index in [4.69, 9.17) is 16.0 Å².